The van der Waals surface area contributed by atoms with Crippen LogP contribution in [0.3, 0.4) is 0 Å². The van der Waals surface area contributed by atoms with Crippen molar-refractivity contribution < 1.29 is 4.39 Å². The molecule has 0 bridgehead atoms. The van der Waals surface area contributed by atoms with Gasteiger partial charge in [0.05, 0.1) is 0 Å². The predicted molar refractivity (Wildman–Crippen MR) is 69.2 cm³/mol. The highest BCUT2D eigenvalue weighted by Crippen LogP contribution is 2.28. The fraction of sp³-hybridized carbons (Fsp3) is 0.125. The lowest BCUT2D eigenvalue weighted by molar-refractivity contribution is 0.628. The molecule has 0 atom stereocenters. The summed E-state index contributed by atoms with van der Waals surface area (Å²) in [5, 5.41) is 0. The summed E-state index contributed by atoms with van der Waals surface area (Å²) in [6.45, 7) is 4.03. The molecule has 0 heterocycles. The normalized spacial score (nSPS) is 10.0. The summed E-state index contributed by atoms with van der Waals surface area (Å²) in [5.41, 5.74) is 4.72. The summed E-state index contributed by atoms with van der Waals surface area (Å²) in [5.74, 6) is 2.18. The van der Waals surface area contributed by atoms with Crippen LogP contribution in [-0.4, -0.2) is 0 Å². The van der Waals surface area contributed by atoms with E-state index in [0.717, 1.165) is 22.3 Å². The van der Waals surface area contributed by atoms with Gasteiger partial charge in [-0.05, 0) is 54.3 Å². The number of hydrogen-bond donors (Lipinski definition) is 0. The molecule has 2 aromatic rings. The van der Waals surface area contributed by atoms with E-state index in [1.165, 1.54) is 12.1 Å². The standard InChI is InChI=1S/C16H13F/c1-4-13-8-14(10-15(17)9-13)16-11(2)6-5-7-12(16)3/h1,5-10H,2-3H3. The lowest BCUT2D eigenvalue weighted by atomic mass is 9.94. The van der Waals surface area contributed by atoms with Gasteiger partial charge in [0.25, 0.3) is 0 Å². The number of terminal acetylenes is 1. The Kier molecular flexibility index (Phi) is 2.97. The van der Waals surface area contributed by atoms with Gasteiger partial charge in [-0.2, -0.15) is 0 Å². The van der Waals surface area contributed by atoms with Gasteiger partial charge in [-0.25, -0.2) is 4.39 Å². The second-order valence-corrected chi connectivity index (χ2v) is 4.14. The molecule has 0 N–H and O–H groups in total. The van der Waals surface area contributed by atoms with Crippen molar-refractivity contribution in [1.82, 2.24) is 0 Å². The van der Waals surface area contributed by atoms with Gasteiger partial charge < -0.3 is 0 Å². The van der Waals surface area contributed by atoms with E-state index in [4.69, 9.17) is 6.42 Å². The monoisotopic (exact) mass is 224 g/mol. The average Bonchev–Trinajstić information content (AvgIpc) is 2.28. The van der Waals surface area contributed by atoms with E-state index in [9.17, 15) is 4.39 Å². The number of rotatable bonds is 1. The fourth-order valence-corrected chi connectivity index (χ4v) is 2.09. The molecule has 0 aliphatic rings. The van der Waals surface area contributed by atoms with Crippen molar-refractivity contribution in [2.75, 3.05) is 0 Å². The highest BCUT2D eigenvalue weighted by Gasteiger charge is 2.07. The molecule has 17 heavy (non-hydrogen) atoms. The summed E-state index contributed by atoms with van der Waals surface area (Å²) in [6.07, 6.45) is 5.33. The Morgan fingerprint density at radius 1 is 1.06 bits per heavy atom. The summed E-state index contributed by atoms with van der Waals surface area (Å²) < 4.78 is 13.5. The van der Waals surface area contributed by atoms with Crippen LogP contribution in [0.2, 0.25) is 0 Å². The van der Waals surface area contributed by atoms with Crippen molar-refractivity contribution in [2.45, 2.75) is 13.8 Å². The van der Waals surface area contributed by atoms with Crippen LogP contribution in [-0.2, 0) is 0 Å². The van der Waals surface area contributed by atoms with E-state index >= 15 is 0 Å². The van der Waals surface area contributed by atoms with E-state index in [-0.39, 0.29) is 5.82 Å². The second kappa shape index (κ2) is 4.43. The minimum atomic E-state index is -0.293. The van der Waals surface area contributed by atoms with Crippen LogP contribution >= 0.6 is 0 Å². The Morgan fingerprint density at radius 3 is 2.29 bits per heavy atom. The minimum Gasteiger partial charge on any atom is -0.207 e. The van der Waals surface area contributed by atoms with Gasteiger partial charge in [-0.15, -0.1) is 6.42 Å². The van der Waals surface area contributed by atoms with Crippen molar-refractivity contribution in [3.05, 3.63) is 58.9 Å². The number of aryl methyl sites for hydroxylation is 2. The molecule has 0 amide bonds. The molecule has 0 aromatic heterocycles. The lowest BCUT2D eigenvalue weighted by Crippen LogP contribution is -1.90. The van der Waals surface area contributed by atoms with Crippen LogP contribution < -0.4 is 0 Å². The third-order valence-electron chi connectivity index (χ3n) is 2.83. The molecule has 0 radical (unpaired) electrons. The summed E-state index contributed by atoms with van der Waals surface area (Å²) >= 11 is 0. The zero-order valence-electron chi connectivity index (χ0n) is 9.92. The van der Waals surface area contributed by atoms with Crippen molar-refractivity contribution >= 4 is 0 Å². The third kappa shape index (κ3) is 2.21. The predicted octanol–water partition coefficient (Wildman–Crippen LogP) is 4.09. The quantitative estimate of drug-likeness (QED) is 0.640. The maximum absolute atomic E-state index is 13.5. The molecule has 0 saturated carbocycles. The number of benzene rings is 2. The summed E-state index contributed by atoms with van der Waals surface area (Å²) in [6, 6.07) is 10.8. The van der Waals surface area contributed by atoms with Crippen molar-refractivity contribution in [1.29, 1.82) is 0 Å². The van der Waals surface area contributed by atoms with Crippen LogP contribution in [0.4, 0.5) is 4.39 Å². The summed E-state index contributed by atoms with van der Waals surface area (Å²) in [7, 11) is 0. The smallest absolute Gasteiger partial charge is 0.125 e. The first-order valence-corrected chi connectivity index (χ1v) is 5.45. The molecular weight excluding hydrogens is 211 g/mol. The minimum absolute atomic E-state index is 0.293. The van der Waals surface area contributed by atoms with Gasteiger partial charge in [0, 0.05) is 5.56 Å². The van der Waals surface area contributed by atoms with E-state index in [1.807, 2.05) is 38.1 Å². The highest BCUT2D eigenvalue weighted by molar-refractivity contribution is 5.72. The molecule has 0 spiro atoms. The fourth-order valence-electron chi connectivity index (χ4n) is 2.09. The van der Waals surface area contributed by atoms with Crippen LogP contribution in [0, 0.1) is 32.0 Å². The second-order valence-electron chi connectivity index (χ2n) is 4.14. The first kappa shape index (κ1) is 11.4. The van der Waals surface area contributed by atoms with Crippen LogP contribution in [0.1, 0.15) is 16.7 Å². The van der Waals surface area contributed by atoms with Crippen LogP contribution in [0.15, 0.2) is 36.4 Å². The number of hydrogen-bond acceptors (Lipinski definition) is 0. The van der Waals surface area contributed by atoms with E-state index in [1.54, 1.807) is 0 Å². The largest absolute Gasteiger partial charge is 0.207 e. The molecule has 0 nitrogen and oxygen atoms in total. The molecule has 0 aliphatic heterocycles. The van der Waals surface area contributed by atoms with Crippen molar-refractivity contribution in [2.24, 2.45) is 0 Å². The van der Waals surface area contributed by atoms with E-state index < -0.39 is 0 Å². The Hall–Kier alpha value is -2.07. The zero-order valence-corrected chi connectivity index (χ0v) is 9.92. The molecule has 1 heteroatoms. The molecule has 2 rings (SSSR count). The van der Waals surface area contributed by atoms with Gasteiger partial charge in [-0.1, -0.05) is 24.1 Å². The molecule has 84 valence electrons. The highest BCUT2D eigenvalue weighted by atomic mass is 19.1. The van der Waals surface area contributed by atoms with Crippen molar-refractivity contribution in [3.8, 4) is 23.5 Å². The Balaban J connectivity index is 2.69. The Bertz CT molecular complexity index is 583. The maximum Gasteiger partial charge on any atom is 0.125 e. The van der Waals surface area contributed by atoms with Gasteiger partial charge in [-0.3, -0.25) is 0 Å². The topological polar surface area (TPSA) is 0 Å². The molecule has 2 aromatic carbocycles. The zero-order chi connectivity index (χ0) is 12.4. The molecule has 0 fully saturated rings. The number of halogens is 1. The lowest BCUT2D eigenvalue weighted by Gasteiger charge is -2.10. The first-order chi connectivity index (χ1) is 8.11. The molecule has 0 unspecified atom stereocenters. The van der Waals surface area contributed by atoms with Gasteiger partial charge in [0.15, 0.2) is 0 Å². The molecule has 0 aliphatic carbocycles. The van der Waals surface area contributed by atoms with E-state index in [2.05, 4.69) is 5.92 Å². The SMILES string of the molecule is C#Cc1cc(F)cc(-c2c(C)cccc2C)c1. The molecular formula is C16H13F. The molecule has 0 saturated heterocycles. The van der Waals surface area contributed by atoms with Crippen molar-refractivity contribution in [3.63, 3.8) is 0 Å². The van der Waals surface area contributed by atoms with Gasteiger partial charge >= 0.3 is 0 Å². The average molecular weight is 224 g/mol. The van der Waals surface area contributed by atoms with Gasteiger partial charge in [0.1, 0.15) is 5.82 Å². The first-order valence-electron chi connectivity index (χ1n) is 5.45. The third-order valence-corrected chi connectivity index (χ3v) is 2.83. The van der Waals surface area contributed by atoms with Crippen LogP contribution in [0.25, 0.3) is 11.1 Å². The van der Waals surface area contributed by atoms with Crippen LogP contribution in [0.5, 0.6) is 0 Å². The van der Waals surface area contributed by atoms with Gasteiger partial charge in [0.2, 0.25) is 0 Å². The van der Waals surface area contributed by atoms with E-state index in [0.29, 0.717) is 5.56 Å². The Labute approximate surface area is 101 Å². The summed E-state index contributed by atoms with van der Waals surface area (Å²) in [4.78, 5) is 0. The maximum atomic E-state index is 13.5. The Morgan fingerprint density at radius 2 is 1.71 bits per heavy atom.